The number of fused-ring (bicyclic) bond motifs is 1. The van der Waals surface area contributed by atoms with Gasteiger partial charge in [0, 0.05) is 30.0 Å². The number of likely N-dealkylation sites (tertiary alicyclic amines) is 1. The van der Waals surface area contributed by atoms with Crippen molar-refractivity contribution in [3.8, 4) is 0 Å². The molecule has 0 spiro atoms. The lowest BCUT2D eigenvalue weighted by Crippen LogP contribution is -2.39. The van der Waals surface area contributed by atoms with Crippen molar-refractivity contribution in [2.45, 2.75) is 65.5 Å². The molecule has 9 heteroatoms. The van der Waals surface area contributed by atoms with E-state index in [0.717, 1.165) is 36.2 Å². The highest BCUT2D eigenvalue weighted by molar-refractivity contribution is 6.35. The normalized spacial score (nSPS) is 16.7. The van der Waals surface area contributed by atoms with Crippen LogP contribution < -0.4 is 5.32 Å². The van der Waals surface area contributed by atoms with E-state index < -0.39 is 5.60 Å². The molecule has 0 saturated carbocycles. The number of imidazole rings is 1. The van der Waals surface area contributed by atoms with E-state index in [1.54, 1.807) is 17.0 Å². The summed E-state index contributed by atoms with van der Waals surface area (Å²) in [6, 6.07) is 8.88. The van der Waals surface area contributed by atoms with Gasteiger partial charge in [0.1, 0.15) is 5.60 Å². The number of hydrogen-bond donors (Lipinski definition) is 1. The van der Waals surface area contributed by atoms with Gasteiger partial charge < -0.3 is 14.2 Å². The Labute approximate surface area is 210 Å². The summed E-state index contributed by atoms with van der Waals surface area (Å²) in [6.07, 6.45) is 2.26. The predicted molar refractivity (Wildman–Crippen MR) is 137 cm³/mol. The summed E-state index contributed by atoms with van der Waals surface area (Å²) in [5.41, 5.74) is 2.89. The van der Waals surface area contributed by atoms with E-state index in [4.69, 9.17) is 21.3 Å². The van der Waals surface area contributed by atoms with Crippen LogP contribution >= 0.6 is 11.6 Å². The lowest BCUT2D eigenvalue weighted by molar-refractivity contribution is 0.0238. The minimum absolute atomic E-state index is 0.133. The summed E-state index contributed by atoms with van der Waals surface area (Å²) < 4.78 is 7.62. The Hall–Kier alpha value is -3.13. The van der Waals surface area contributed by atoms with Crippen LogP contribution in [0.2, 0.25) is 5.02 Å². The molecule has 2 amide bonds. The largest absolute Gasteiger partial charge is 0.444 e. The number of halogens is 1. The summed E-state index contributed by atoms with van der Waals surface area (Å²) in [4.78, 5) is 36.9. The second-order valence-corrected chi connectivity index (χ2v) is 10.5. The first kappa shape index (κ1) is 25.0. The number of nitrogens with one attached hydrogen (secondary N) is 1. The molecule has 186 valence electrons. The molecule has 3 aromatic rings. The summed E-state index contributed by atoms with van der Waals surface area (Å²) in [5, 5.41) is 3.53. The second kappa shape index (κ2) is 9.85. The van der Waals surface area contributed by atoms with Crippen LogP contribution in [0.15, 0.2) is 30.3 Å². The van der Waals surface area contributed by atoms with Crippen molar-refractivity contribution >= 4 is 40.6 Å². The van der Waals surface area contributed by atoms with Crippen LogP contribution in [0, 0.1) is 13.8 Å². The Kier molecular flexibility index (Phi) is 7.03. The Morgan fingerprint density at radius 3 is 2.51 bits per heavy atom. The third kappa shape index (κ3) is 5.75. The maximum atomic E-state index is 13.2. The molecule has 0 bridgehead atoms. The topological polar surface area (TPSA) is 89.4 Å². The number of aromatic nitrogens is 3. The molecule has 1 saturated heterocycles. The summed E-state index contributed by atoms with van der Waals surface area (Å²) >= 11 is 6.63. The molecule has 2 aromatic heterocycles. The van der Waals surface area contributed by atoms with E-state index >= 15 is 0 Å². The fourth-order valence-electron chi connectivity index (χ4n) is 4.51. The third-order valence-corrected chi connectivity index (χ3v) is 6.20. The van der Waals surface area contributed by atoms with Crippen molar-refractivity contribution in [2.75, 3.05) is 18.4 Å². The quantitative estimate of drug-likeness (QED) is 0.485. The van der Waals surface area contributed by atoms with Gasteiger partial charge in [-0.05, 0) is 78.1 Å². The number of pyridine rings is 1. The van der Waals surface area contributed by atoms with Crippen LogP contribution in [0.4, 0.5) is 10.7 Å². The van der Waals surface area contributed by atoms with Crippen molar-refractivity contribution in [1.82, 2.24) is 19.4 Å². The summed E-state index contributed by atoms with van der Waals surface area (Å²) in [7, 11) is 0. The van der Waals surface area contributed by atoms with E-state index in [0.29, 0.717) is 35.1 Å². The van der Waals surface area contributed by atoms with Crippen LogP contribution in [0.1, 0.15) is 67.8 Å². The molecule has 1 aliphatic rings. The highest BCUT2D eigenvalue weighted by Gasteiger charge is 2.30. The molecule has 1 aliphatic heterocycles. The van der Waals surface area contributed by atoms with Crippen LogP contribution in [-0.2, 0) is 4.74 Å². The molecule has 0 aliphatic carbocycles. The highest BCUT2D eigenvalue weighted by atomic mass is 35.5. The van der Waals surface area contributed by atoms with Crippen molar-refractivity contribution in [3.05, 3.63) is 52.3 Å². The zero-order valence-corrected chi connectivity index (χ0v) is 21.6. The van der Waals surface area contributed by atoms with Gasteiger partial charge in [-0.15, -0.1) is 0 Å². The molecule has 35 heavy (non-hydrogen) atoms. The number of aryl methyl sites for hydroxylation is 2. The van der Waals surface area contributed by atoms with E-state index in [1.807, 2.05) is 57.4 Å². The zero-order valence-electron chi connectivity index (χ0n) is 20.9. The smallest absolute Gasteiger partial charge is 0.410 e. The molecule has 1 fully saturated rings. The molecular weight excluding hydrogens is 466 g/mol. The monoisotopic (exact) mass is 497 g/mol. The van der Waals surface area contributed by atoms with Crippen molar-refractivity contribution in [2.24, 2.45) is 0 Å². The first-order valence-electron chi connectivity index (χ1n) is 11.9. The Balaban J connectivity index is 1.72. The van der Waals surface area contributed by atoms with Gasteiger partial charge in [-0.3, -0.25) is 15.1 Å². The first-order chi connectivity index (χ1) is 16.5. The molecule has 1 aromatic carbocycles. The van der Waals surface area contributed by atoms with E-state index in [9.17, 15) is 9.59 Å². The number of para-hydroxylation sites is 1. The lowest BCUT2D eigenvalue weighted by Gasteiger charge is -2.29. The van der Waals surface area contributed by atoms with Crippen LogP contribution in [-0.4, -0.2) is 50.1 Å². The van der Waals surface area contributed by atoms with Gasteiger partial charge in [0.2, 0.25) is 5.95 Å². The number of carbonyl (C=O) groups is 2. The number of ether oxygens (including phenoxy) is 1. The number of nitrogens with zero attached hydrogens (tertiary/aromatic N) is 4. The molecule has 1 N–H and O–H groups in total. The maximum absolute atomic E-state index is 13.2. The van der Waals surface area contributed by atoms with E-state index in [2.05, 4.69) is 10.3 Å². The molecular formula is C26H32ClN5O3. The van der Waals surface area contributed by atoms with Crippen molar-refractivity contribution in [3.63, 3.8) is 0 Å². The SMILES string of the molecule is Cc1cc(C(=O)Nc2nc3cccc(Cl)c3n2[C@@H]2CCCCN(C(=O)OC(C)(C)C)C2)cc(C)n1. The Morgan fingerprint density at radius 2 is 1.83 bits per heavy atom. The van der Waals surface area contributed by atoms with Gasteiger partial charge in [0.15, 0.2) is 0 Å². The number of rotatable bonds is 3. The first-order valence-corrected chi connectivity index (χ1v) is 12.3. The molecule has 8 nitrogen and oxygen atoms in total. The van der Waals surface area contributed by atoms with E-state index in [1.165, 1.54) is 0 Å². The molecule has 0 radical (unpaired) electrons. The number of amides is 2. The van der Waals surface area contributed by atoms with Gasteiger partial charge in [0.25, 0.3) is 5.91 Å². The maximum Gasteiger partial charge on any atom is 0.410 e. The fraction of sp³-hybridized carbons (Fsp3) is 0.462. The van der Waals surface area contributed by atoms with Gasteiger partial charge in [-0.2, -0.15) is 0 Å². The number of anilines is 1. The standard InChI is InChI=1S/C26H32ClN5O3/c1-16-13-18(14-17(2)28-16)23(33)30-24-29-21-11-8-10-20(27)22(21)32(24)19-9-6-7-12-31(15-19)25(34)35-26(3,4)5/h8,10-11,13-14,19H,6-7,9,12,15H2,1-5H3,(H,29,30,33)/t19-/m1/s1. The number of carbonyl (C=O) groups excluding carboxylic acids is 2. The van der Waals surface area contributed by atoms with Crippen LogP contribution in [0.5, 0.6) is 0 Å². The minimum atomic E-state index is -0.580. The average Bonchev–Trinajstić information content (AvgIpc) is 2.94. The average molecular weight is 498 g/mol. The number of benzene rings is 1. The molecule has 0 unspecified atom stereocenters. The summed E-state index contributed by atoms with van der Waals surface area (Å²) in [5.74, 6) is 0.130. The van der Waals surface area contributed by atoms with Crippen LogP contribution in [0.3, 0.4) is 0 Å². The highest BCUT2D eigenvalue weighted by Crippen LogP contribution is 2.34. The van der Waals surface area contributed by atoms with Crippen molar-refractivity contribution in [1.29, 1.82) is 0 Å². The van der Waals surface area contributed by atoms with Gasteiger partial charge in [-0.1, -0.05) is 17.7 Å². The van der Waals surface area contributed by atoms with Gasteiger partial charge in [-0.25, -0.2) is 9.78 Å². The van der Waals surface area contributed by atoms with Crippen LogP contribution in [0.25, 0.3) is 11.0 Å². The van der Waals surface area contributed by atoms with E-state index in [-0.39, 0.29) is 18.0 Å². The lowest BCUT2D eigenvalue weighted by atomic mass is 10.1. The second-order valence-electron chi connectivity index (χ2n) is 10.1. The minimum Gasteiger partial charge on any atom is -0.444 e. The molecule has 1 atom stereocenters. The molecule has 3 heterocycles. The summed E-state index contributed by atoms with van der Waals surface area (Å²) in [6.45, 7) is 10.3. The van der Waals surface area contributed by atoms with Gasteiger partial charge >= 0.3 is 6.09 Å². The zero-order chi connectivity index (χ0) is 25.3. The Bertz CT molecular complexity index is 1240. The number of hydrogen-bond acceptors (Lipinski definition) is 5. The molecule has 4 rings (SSSR count). The Morgan fingerprint density at radius 1 is 1.11 bits per heavy atom. The fourth-order valence-corrected chi connectivity index (χ4v) is 4.77. The van der Waals surface area contributed by atoms with Crippen molar-refractivity contribution < 1.29 is 14.3 Å². The predicted octanol–water partition coefficient (Wildman–Crippen LogP) is 5.92. The van der Waals surface area contributed by atoms with Gasteiger partial charge in [0.05, 0.1) is 22.1 Å². The third-order valence-electron chi connectivity index (χ3n) is 5.89.